The van der Waals surface area contributed by atoms with Crippen LogP contribution in [0.5, 0.6) is 0 Å². The van der Waals surface area contributed by atoms with E-state index in [1.807, 2.05) is 0 Å². The summed E-state index contributed by atoms with van der Waals surface area (Å²) in [5.41, 5.74) is 0. The second kappa shape index (κ2) is 19.9. The molecule has 1 rings (SSSR count). The topological polar surface area (TPSA) is 3.24 Å². The van der Waals surface area contributed by atoms with E-state index in [0.717, 1.165) is 12.0 Å². The van der Waals surface area contributed by atoms with Gasteiger partial charge < -0.3 is 4.90 Å². The smallest absolute Gasteiger partial charge is 0.00952 e. The summed E-state index contributed by atoms with van der Waals surface area (Å²) in [7, 11) is 0. The molecule has 1 aliphatic rings. The van der Waals surface area contributed by atoms with Crippen LogP contribution in [-0.2, 0) is 0 Å². The maximum atomic E-state index is 2.87. The summed E-state index contributed by atoms with van der Waals surface area (Å²) in [5, 5.41) is 0. The van der Waals surface area contributed by atoms with E-state index in [1.54, 1.807) is 0 Å². The Labute approximate surface area is 185 Å². The van der Waals surface area contributed by atoms with Gasteiger partial charge in [-0.2, -0.15) is 0 Å². The third kappa shape index (κ3) is 14.6. The first kappa shape index (κ1) is 27.0. The van der Waals surface area contributed by atoms with E-state index in [1.165, 1.54) is 148 Å². The minimum Gasteiger partial charge on any atom is -0.300 e. The number of rotatable bonds is 20. The monoisotopic (exact) mass is 407 g/mol. The highest BCUT2D eigenvalue weighted by molar-refractivity contribution is 4.75. The molecule has 0 aromatic rings. The molecule has 1 saturated carbocycles. The second-order valence-corrected chi connectivity index (χ2v) is 10.0. The van der Waals surface area contributed by atoms with Crippen molar-refractivity contribution in [3.8, 4) is 0 Å². The molecule has 0 amide bonds. The minimum atomic E-state index is 0.921. The fraction of sp³-hybridized carbons (Fsp3) is 1.00. The SMILES string of the molecule is CCCCN(CCCCCCCCCCCCCC(CC)CC)C1CCCCC1. The Morgan fingerprint density at radius 3 is 1.59 bits per heavy atom. The Morgan fingerprint density at radius 2 is 1.07 bits per heavy atom. The summed E-state index contributed by atoms with van der Waals surface area (Å²) in [6, 6.07) is 0.921. The van der Waals surface area contributed by atoms with Crippen molar-refractivity contribution in [2.24, 2.45) is 5.92 Å². The Bertz CT molecular complexity index is 316. The van der Waals surface area contributed by atoms with Gasteiger partial charge in [-0.05, 0) is 44.7 Å². The van der Waals surface area contributed by atoms with Crippen LogP contribution < -0.4 is 0 Å². The van der Waals surface area contributed by atoms with E-state index in [2.05, 4.69) is 25.7 Å². The van der Waals surface area contributed by atoms with Gasteiger partial charge in [0.25, 0.3) is 0 Å². The quantitative estimate of drug-likeness (QED) is 0.182. The van der Waals surface area contributed by atoms with Crippen LogP contribution in [0.2, 0.25) is 0 Å². The van der Waals surface area contributed by atoms with Gasteiger partial charge in [-0.1, -0.05) is 130 Å². The van der Waals surface area contributed by atoms with Crippen LogP contribution in [0.15, 0.2) is 0 Å². The van der Waals surface area contributed by atoms with Gasteiger partial charge in [-0.15, -0.1) is 0 Å². The average molecular weight is 408 g/mol. The molecule has 0 atom stereocenters. The molecule has 0 heterocycles. The molecule has 0 radical (unpaired) electrons. The van der Waals surface area contributed by atoms with Crippen LogP contribution in [0, 0.1) is 5.92 Å². The molecule has 0 aromatic carbocycles. The molecule has 0 bridgehead atoms. The normalized spacial score (nSPS) is 15.6. The van der Waals surface area contributed by atoms with Gasteiger partial charge >= 0.3 is 0 Å². The lowest BCUT2D eigenvalue weighted by Crippen LogP contribution is -2.38. The van der Waals surface area contributed by atoms with Crippen molar-refractivity contribution in [1.82, 2.24) is 4.90 Å². The van der Waals surface area contributed by atoms with Crippen LogP contribution in [0.25, 0.3) is 0 Å². The summed E-state index contributed by atoms with van der Waals surface area (Å²) in [6.45, 7) is 9.79. The first-order chi connectivity index (χ1) is 14.3. The second-order valence-electron chi connectivity index (χ2n) is 10.0. The molecule has 0 saturated heterocycles. The molecule has 1 nitrogen and oxygen atoms in total. The van der Waals surface area contributed by atoms with Crippen molar-refractivity contribution in [3.05, 3.63) is 0 Å². The van der Waals surface area contributed by atoms with Crippen LogP contribution in [-0.4, -0.2) is 24.0 Å². The van der Waals surface area contributed by atoms with Gasteiger partial charge in [0.15, 0.2) is 0 Å². The van der Waals surface area contributed by atoms with Crippen LogP contribution in [0.3, 0.4) is 0 Å². The molecule has 0 aromatic heterocycles. The predicted molar refractivity (Wildman–Crippen MR) is 133 cm³/mol. The molecular formula is C28H57N. The minimum absolute atomic E-state index is 0.921. The fourth-order valence-electron chi connectivity index (χ4n) is 5.32. The molecule has 29 heavy (non-hydrogen) atoms. The van der Waals surface area contributed by atoms with E-state index in [0.29, 0.717) is 0 Å². The van der Waals surface area contributed by atoms with Crippen molar-refractivity contribution in [3.63, 3.8) is 0 Å². The first-order valence-electron chi connectivity index (χ1n) is 14.1. The Kier molecular flexibility index (Phi) is 18.5. The molecule has 0 aliphatic heterocycles. The predicted octanol–water partition coefficient (Wildman–Crippen LogP) is 9.54. The van der Waals surface area contributed by atoms with Gasteiger partial charge in [0, 0.05) is 6.04 Å². The van der Waals surface area contributed by atoms with E-state index < -0.39 is 0 Å². The molecule has 174 valence electrons. The lowest BCUT2D eigenvalue weighted by Gasteiger charge is -2.34. The van der Waals surface area contributed by atoms with E-state index >= 15 is 0 Å². The van der Waals surface area contributed by atoms with Crippen molar-refractivity contribution < 1.29 is 0 Å². The molecule has 1 fully saturated rings. The zero-order valence-electron chi connectivity index (χ0n) is 20.9. The Balaban J connectivity index is 1.90. The van der Waals surface area contributed by atoms with Gasteiger partial charge in [-0.3, -0.25) is 0 Å². The largest absolute Gasteiger partial charge is 0.300 e. The van der Waals surface area contributed by atoms with Gasteiger partial charge in [0.1, 0.15) is 0 Å². The lowest BCUT2D eigenvalue weighted by atomic mass is 9.93. The van der Waals surface area contributed by atoms with Crippen molar-refractivity contribution in [2.75, 3.05) is 13.1 Å². The maximum Gasteiger partial charge on any atom is 0.00952 e. The summed E-state index contributed by atoms with van der Waals surface area (Å²) in [4.78, 5) is 2.87. The number of unbranched alkanes of at least 4 members (excludes halogenated alkanes) is 11. The Morgan fingerprint density at radius 1 is 0.586 bits per heavy atom. The summed E-state index contributed by atoms with van der Waals surface area (Å²) in [6.07, 6.45) is 30.6. The third-order valence-electron chi connectivity index (χ3n) is 7.60. The molecule has 1 aliphatic carbocycles. The third-order valence-corrected chi connectivity index (χ3v) is 7.60. The summed E-state index contributed by atoms with van der Waals surface area (Å²) < 4.78 is 0. The molecule has 0 N–H and O–H groups in total. The number of nitrogens with zero attached hydrogens (tertiary/aromatic N) is 1. The maximum absolute atomic E-state index is 2.87. The van der Waals surface area contributed by atoms with E-state index in [4.69, 9.17) is 0 Å². The van der Waals surface area contributed by atoms with Crippen LogP contribution in [0.4, 0.5) is 0 Å². The summed E-state index contributed by atoms with van der Waals surface area (Å²) in [5.74, 6) is 0.997. The molecular weight excluding hydrogens is 350 g/mol. The van der Waals surface area contributed by atoms with E-state index in [-0.39, 0.29) is 0 Å². The highest BCUT2D eigenvalue weighted by Gasteiger charge is 2.19. The Hall–Kier alpha value is -0.0400. The fourth-order valence-corrected chi connectivity index (χ4v) is 5.32. The van der Waals surface area contributed by atoms with Crippen molar-refractivity contribution in [1.29, 1.82) is 0 Å². The van der Waals surface area contributed by atoms with Crippen molar-refractivity contribution >= 4 is 0 Å². The molecule has 0 spiro atoms. The number of hydrogen-bond acceptors (Lipinski definition) is 1. The number of hydrogen-bond donors (Lipinski definition) is 0. The zero-order valence-corrected chi connectivity index (χ0v) is 20.9. The average Bonchev–Trinajstić information content (AvgIpc) is 2.76. The lowest BCUT2D eigenvalue weighted by molar-refractivity contribution is 0.150. The van der Waals surface area contributed by atoms with Gasteiger partial charge in [0.05, 0.1) is 0 Å². The van der Waals surface area contributed by atoms with Crippen LogP contribution in [0.1, 0.15) is 156 Å². The van der Waals surface area contributed by atoms with Crippen molar-refractivity contribution in [2.45, 2.75) is 162 Å². The van der Waals surface area contributed by atoms with E-state index in [9.17, 15) is 0 Å². The first-order valence-corrected chi connectivity index (χ1v) is 14.1. The standard InChI is InChI=1S/C28H57N/c1-4-7-25-29(28-23-19-17-20-24-28)26-21-16-14-12-10-8-9-11-13-15-18-22-27(5-2)6-3/h27-28H,4-26H2,1-3H3. The van der Waals surface area contributed by atoms with Crippen LogP contribution >= 0.6 is 0 Å². The summed E-state index contributed by atoms with van der Waals surface area (Å²) >= 11 is 0. The van der Waals surface area contributed by atoms with Gasteiger partial charge in [-0.25, -0.2) is 0 Å². The molecule has 1 heteroatoms. The zero-order chi connectivity index (χ0) is 21.0. The highest BCUT2D eigenvalue weighted by atomic mass is 15.1. The van der Waals surface area contributed by atoms with Gasteiger partial charge in [0.2, 0.25) is 0 Å². The molecule has 0 unspecified atom stereocenters. The highest BCUT2D eigenvalue weighted by Crippen LogP contribution is 2.23.